The van der Waals surface area contributed by atoms with Crippen molar-refractivity contribution in [1.29, 1.82) is 0 Å². The van der Waals surface area contributed by atoms with Gasteiger partial charge in [-0.05, 0) is 44.3 Å². The van der Waals surface area contributed by atoms with Crippen LogP contribution >= 0.6 is 0 Å². The highest BCUT2D eigenvalue weighted by molar-refractivity contribution is 5.76. The highest BCUT2D eigenvalue weighted by Crippen LogP contribution is 2.24. The van der Waals surface area contributed by atoms with Crippen LogP contribution in [-0.2, 0) is 4.79 Å². The number of carbonyl (C=O) groups is 1. The molecule has 0 aromatic heterocycles. The van der Waals surface area contributed by atoms with Crippen LogP contribution in [0.4, 0.5) is 0 Å². The fraction of sp³-hybridized carbons (Fsp3) is 0.650. The lowest BCUT2D eigenvalue weighted by Crippen LogP contribution is -2.39. The second-order valence-corrected chi connectivity index (χ2v) is 7.28. The summed E-state index contributed by atoms with van der Waals surface area (Å²) in [5.41, 5.74) is 2.61. The summed E-state index contributed by atoms with van der Waals surface area (Å²) < 4.78 is 0. The van der Waals surface area contributed by atoms with Crippen LogP contribution in [0.15, 0.2) is 24.3 Å². The average molecular weight is 316 g/mol. The molecule has 3 heteroatoms. The van der Waals surface area contributed by atoms with Crippen molar-refractivity contribution in [2.75, 3.05) is 19.6 Å². The molecule has 0 radical (unpaired) electrons. The van der Waals surface area contributed by atoms with Crippen LogP contribution in [0, 0.1) is 12.8 Å². The molecule has 1 aromatic rings. The molecule has 0 aliphatic carbocycles. The first kappa shape index (κ1) is 18.0. The van der Waals surface area contributed by atoms with Crippen molar-refractivity contribution in [3.05, 3.63) is 35.4 Å². The quantitative estimate of drug-likeness (QED) is 0.858. The zero-order valence-electron chi connectivity index (χ0n) is 15.0. The third-order valence-corrected chi connectivity index (χ3v) is 4.63. The lowest BCUT2D eigenvalue weighted by Gasteiger charge is -2.31. The van der Waals surface area contributed by atoms with Gasteiger partial charge in [-0.1, -0.05) is 56.5 Å². The number of amides is 1. The summed E-state index contributed by atoms with van der Waals surface area (Å²) in [6, 6.07) is 9.09. The fourth-order valence-corrected chi connectivity index (χ4v) is 3.31. The first-order valence-electron chi connectivity index (χ1n) is 9.13. The number of carbonyl (C=O) groups excluding carboxylic acids is 1. The number of benzene rings is 1. The normalized spacial score (nSPS) is 17.7. The fourth-order valence-electron chi connectivity index (χ4n) is 3.31. The van der Waals surface area contributed by atoms with Crippen LogP contribution in [-0.4, -0.2) is 30.4 Å². The number of likely N-dealkylation sites (tertiary alicyclic amines) is 1. The van der Waals surface area contributed by atoms with E-state index < -0.39 is 0 Å². The lowest BCUT2D eigenvalue weighted by atomic mass is 10.0. The largest absolute Gasteiger partial charge is 0.354 e. The Morgan fingerprint density at radius 2 is 1.70 bits per heavy atom. The van der Waals surface area contributed by atoms with Gasteiger partial charge in [0.15, 0.2) is 0 Å². The molecule has 1 atom stereocenters. The van der Waals surface area contributed by atoms with E-state index in [0.717, 1.165) is 13.1 Å². The lowest BCUT2D eigenvalue weighted by molar-refractivity contribution is -0.122. The molecular formula is C20H32N2O. The van der Waals surface area contributed by atoms with E-state index in [-0.39, 0.29) is 5.91 Å². The maximum Gasteiger partial charge on any atom is 0.220 e. The van der Waals surface area contributed by atoms with Crippen molar-refractivity contribution >= 4 is 5.91 Å². The highest BCUT2D eigenvalue weighted by atomic mass is 16.1. The first-order valence-corrected chi connectivity index (χ1v) is 9.13. The monoisotopic (exact) mass is 316 g/mol. The Balaban J connectivity index is 2.07. The molecule has 1 amide bonds. The smallest absolute Gasteiger partial charge is 0.220 e. The molecule has 1 heterocycles. The van der Waals surface area contributed by atoms with E-state index >= 15 is 0 Å². The Bertz CT molecular complexity index is 473. The standard InChI is InChI=1S/C20H32N2O/c1-16(2)14-20(23)21-15-19(18-10-8-17(3)9-11-18)22-12-6-4-5-7-13-22/h8-11,16,19H,4-7,12-15H2,1-3H3,(H,21,23). The van der Waals surface area contributed by atoms with Gasteiger partial charge in [-0.2, -0.15) is 0 Å². The average Bonchev–Trinajstić information content (AvgIpc) is 2.78. The number of hydrogen-bond acceptors (Lipinski definition) is 2. The molecule has 23 heavy (non-hydrogen) atoms. The summed E-state index contributed by atoms with van der Waals surface area (Å²) in [5.74, 6) is 0.581. The molecule has 1 unspecified atom stereocenters. The molecule has 3 nitrogen and oxygen atoms in total. The van der Waals surface area contributed by atoms with Crippen LogP contribution in [0.1, 0.15) is 63.1 Å². The Labute approximate surface area is 141 Å². The second kappa shape index (κ2) is 9.07. The molecule has 0 bridgehead atoms. The predicted molar refractivity (Wildman–Crippen MR) is 96.4 cm³/mol. The number of nitrogens with one attached hydrogen (secondary N) is 1. The summed E-state index contributed by atoms with van der Waals surface area (Å²) in [4.78, 5) is 14.6. The molecule has 0 saturated carbocycles. The van der Waals surface area contributed by atoms with Crippen molar-refractivity contribution in [2.24, 2.45) is 5.92 Å². The van der Waals surface area contributed by atoms with Gasteiger partial charge in [0.05, 0.1) is 6.04 Å². The zero-order chi connectivity index (χ0) is 16.7. The van der Waals surface area contributed by atoms with Gasteiger partial charge >= 0.3 is 0 Å². The molecule has 2 rings (SSSR count). The number of nitrogens with zero attached hydrogens (tertiary/aromatic N) is 1. The summed E-state index contributed by atoms with van der Waals surface area (Å²) >= 11 is 0. The minimum absolute atomic E-state index is 0.173. The minimum Gasteiger partial charge on any atom is -0.354 e. The number of rotatable bonds is 6. The molecular weight excluding hydrogens is 284 g/mol. The van der Waals surface area contributed by atoms with Gasteiger partial charge in [-0.25, -0.2) is 0 Å². The van der Waals surface area contributed by atoms with E-state index in [1.165, 1.54) is 36.8 Å². The van der Waals surface area contributed by atoms with Crippen molar-refractivity contribution in [1.82, 2.24) is 10.2 Å². The summed E-state index contributed by atoms with van der Waals surface area (Å²) in [6.07, 6.45) is 5.80. The highest BCUT2D eigenvalue weighted by Gasteiger charge is 2.22. The van der Waals surface area contributed by atoms with Gasteiger partial charge in [0.25, 0.3) is 0 Å². The molecule has 0 spiro atoms. The van der Waals surface area contributed by atoms with E-state index in [4.69, 9.17) is 0 Å². The van der Waals surface area contributed by atoms with Crippen molar-refractivity contribution < 1.29 is 4.79 Å². The molecule has 1 saturated heterocycles. The van der Waals surface area contributed by atoms with Crippen molar-refractivity contribution in [2.45, 2.75) is 58.9 Å². The van der Waals surface area contributed by atoms with Crippen LogP contribution in [0.2, 0.25) is 0 Å². The second-order valence-electron chi connectivity index (χ2n) is 7.28. The molecule has 1 aromatic carbocycles. The van der Waals surface area contributed by atoms with Gasteiger partial charge in [0, 0.05) is 13.0 Å². The topological polar surface area (TPSA) is 32.3 Å². The molecule has 1 aliphatic rings. The van der Waals surface area contributed by atoms with E-state index in [0.29, 0.717) is 24.9 Å². The van der Waals surface area contributed by atoms with Gasteiger partial charge in [0.1, 0.15) is 0 Å². The minimum atomic E-state index is 0.173. The van der Waals surface area contributed by atoms with E-state index in [9.17, 15) is 4.79 Å². The van der Waals surface area contributed by atoms with Crippen LogP contribution in [0.25, 0.3) is 0 Å². The summed E-state index contributed by atoms with van der Waals surface area (Å²) in [5, 5.41) is 3.16. The predicted octanol–water partition coefficient (Wildman–Crippen LogP) is 4.07. The van der Waals surface area contributed by atoms with Crippen LogP contribution in [0.5, 0.6) is 0 Å². The SMILES string of the molecule is Cc1ccc(C(CNC(=O)CC(C)C)N2CCCCCC2)cc1. The maximum absolute atomic E-state index is 12.1. The molecule has 1 fully saturated rings. The van der Waals surface area contributed by atoms with Crippen LogP contribution < -0.4 is 5.32 Å². The third kappa shape index (κ3) is 5.98. The Morgan fingerprint density at radius 1 is 1.09 bits per heavy atom. The summed E-state index contributed by atoms with van der Waals surface area (Å²) in [7, 11) is 0. The molecule has 128 valence electrons. The maximum atomic E-state index is 12.1. The Kier molecular flexibility index (Phi) is 7.10. The number of hydrogen-bond donors (Lipinski definition) is 1. The third-order valence-electron chi connectivity index (χ3n) is 4.63. The van der Waals surface area contributed by atoms with E-state index in [2.05, 4.69) is 55.3 Å². The molecule has 1 aliphatic heterocycles. The Hall–Kier alpha value is -1.35. The van der Waals surface area contributed by atoms with Gasteiger partial charge in [-0.3, -0.25) is 9.69 Å². The van der Waals surface area contributed by atoms with Crippen molar-refractivity contribution in [3.8, 4) is 0 Å². The van der Waals surface area contributed by atoms with Crippen LogP contribution in [0.3, 0.4) is 0 Å². The van der Waals surface area contributed by atoms with Gasteiger partial charge in [-0.15, -0.1) is 0 Å². The Morgan fingerprint density at radius 3 is 2.26 bits per heavy atom. The zero-order valence-corrected chi connectivity index (χ0v) is 15.0. The van der Waals surface area contributed by atoms with Gasteiger partial charge < -0.3 is 5.32 Å². The summed E-state index contributed by atoms with van der Waals surface area (Å²) in [6.45, 7) is 9.29. The van der Waals surface area contributed by atoms with E-state index in [1.54, 1.807) is 0 Å². The molecule has 1 N–H and O–H groups in total. The first-order chi connectivity index (χ1) is 11.1. The van der Waals surface area contributed by atoms with Crippen molar-refractivity contribution in [3.63, 3.8) is 0 Å². The van der Waals surface area contributed by atoms with Gasteiger partial charge in [0.2, 0.25) is 5.91 Å². The number of aryl methyl sites for hydroxylation is 1. The van der Waals surface area contributed by atoms with E-state index in [1.807, 2.05) is 0 Å².